The number of thioether (sulfide) groups is 1. The zero-order chi connectivity index (χ0) is 17.5. The predicted octanol–water partition coefficient (Wildman–Crippen LogP) is 2.62. The first-order chi connectivity index (χ1) is 12.2. The minimum atomic E-state index is -0.0469. The van der Waals surface area contributed by atoms with E-state index in [2.05, 4.69) is 20.4 Å². The second-order valence-corrected chi connectivity index (χ2v) is 6.39. The lowest BCUT2D eigenvalue weighted by molar-refractivity contribution is -0.117. The molecule has 7 heteroatoms. The van der Waals surface area contributed by atoms with Crippen LogP contribution in [0, 0.1) is 0 Å². The Morgan fingerprint density at radius 2 is 2.24 bits per heavy atom. The summed E-state index contributed by atoms with van der Waals surface area (Å²) in [7, 11) is 0. The Bertz CT molecular complexity index is 875. The number of amides is 1. The van der Waals surface area contributed by atoms with Crippen molar-refractivity contribution in [3.8, 4) is 0 Å². The summed E-state index contributed by atoms with van der Waals surface area (Å²) in [5, 5.41) is 9.06. The van der Waals surface area contributed by atoms with Crippen molar-refractivity contribution in [2.24, 2.45) is 0 Å². The quantitative estimate of drug-likeness (QED) is 0.661. The molecule has 0 saturated carbocycles. The highest BCUT2D eigenvalue weighted by Gasteiger charge is 2.06. The van der Waals surface area contributed by atoms with E-state index in [-0.39, 0.29) is 5.91 Å². The summed E-state index contributed by atoms with van der Waals surface area (Å²) in [5.74, 6) is 0.676. The monoisotopic (exact) mass is 353 g/mol. The maximum absolute atomic E-state index is 12.1. The van der Waals surface area contributed by atoms with Gasteiger partial charge in [0.05, 0.1) is 6.20 Å². The first kappa shape index (κ1) is 17.2. The third kappa shape index (κ3) is 4.67. The van der Waals surface area contributed by atoms with Gasteiger partial charge >= 0.3 is 0 Å². The van der Waals surface area contributed by atoms with Gasteiger partial charge in [-0.3, -0.25) is 9.78 Å². The smallest absolute Gasteiger partial charge is 0.247 e. The highest BCUT2D eigenvalue weighted by Crippen LogP contribution is 2.18. The Kier molecular flexibility index (Phi) is 5.79. The highest BCUT2D eigenvalue weighted by molar-refractivity contribution is 8.01. The molecule has 3 aromatic rings. The number of hydrogen-bond donors (Lipinski definition) is 1. The molecule has 0 fully saturated rings. The molecule has 0 atom stereocenters. The zero-order valence-corrected chi connectivity index (χ0v) is 14.7. The molecule has 1 amide bonds. The van der Waals surface area contributed by atoms with E-state index < -0.39 is 0 Å². The summed E-state index contributed by atoms with van der Waals surface area (Å²) < 4.78 is 1.75. The number of rotatable bonds is 7. The molecule has 0 bridgehead atoms. The van der Waals surface area contributed by atoms with Crippen LogP contribution in [0.2, 0.25) is 0 Å². The number of aromatic nitrogens is 4. The third-order valence-corrected chi connectivity index (χ3v) is 4.63. The van der Waals surface area contributed by atoms with Crippen LogP contribution in [0.1, 0.15) is 18.1 Å². The largest absolute Gasteiger partial charge is 0.352 e. The van der Waals surface area contributed by atoms with Crippen LogP contribution in [0.15, 0.2) is 60.2 Å². The van der Waals surface area contributed by atoms with Crippen LogP contribution >= 0.6 is 11.8 Å². The average molecular weight is 353 g/mol. The molecule has 0 radical (unpaired) electrons. The van der Waals surface area contributed by atoms with E-state index in [1.165, 1.54) is 0 Å². The molecule has 0 aromatic carbocycles. The summed E-state index contributed by atoms with van der Waals surface area (Å²) in [6, 6.07) is 5.74. The Balaban J connectivity index is 1.47. The zero-order valence-electron chi connectivity index (χ0n) is 13.9. The van der Waals surface area contributed by atoms with Crippen LogP contribution in [0.5, 0.6) is 0 Å². The molecule has 3 heterocycles. The number of carbonyl (C=O) groups excluding carboxylic acids is 1. The molecule has 0 aliphatic rings. The fourth-order valence-electron chi connectivity index (χ4n) is 2.29. The number of pyridine rings is 1. The molecule has 0 aliphatic heterocycles. The van der Waals surface area contributed by atoms with E-state index >= 15 is 0 Å². The maximum Gasteiger partial charge on any atom is 0.247 e. The standard InChI is InChI=1S/C18H19N5OS/c1-14(18(24)21-8-5-15-4-2-6-19-10-15)12-25-13-16-11-22-23-9-3-7-20-17(16)23/h2-4,6-7,9-12H,5,8,13H2,1H3,(H,21,24)/b14-12+. The first-order valence-electron chi connectivity index (χ1n) is 7.97. The van der Waals surface area contributed by atoms with Gasteiger partial charge in [-0.1, -0.05) is 6.07 Å². The van der Waals surface area contributed by atoms with Crippen molar-refractivity contribution < 1.29 is 4.79 Å². The number of fused-ring (bicyclic) bond motifs is 1. The Morgan fingerprint density at radius 3 is 3.08 bits per heavy atom. The summed E-state index contributed by atoms with van der Waals surface area (Å²) in [6.07, 6.45) is 9.76. The van der Waals surface area contributed by atoms with Crippen LogP contribution in [0.25, 0.3) is 5.65 Å². The molecule has 128 valence electrons. The predicted molar refractivity (Wildman–Crippen MR) is 99.0 cm³/mol. The fraction of sp³-hybridized carbons (Fsp3) is 0.222. The van der Waals surface area contributed by atoms with Crippen molar-refractivity contribution in [1.82, 2.24) is 24.9 Å². The van der Waals surface area contributed by atoms with Crippen LogP contribution < -0.4 is 5.32 Å². The molecule has 3 rings (SSSR count). The molecule has 1 N–H and O–H groups in total. The third-order valence-electron chi connectivity index (χ3n) is 3.63. The van der Waals surface area contributed by atoms with Crippen molar-refractivity contribution in [1.29, 1.82) is 0 Å². The van der Waals surface area contributed by atoms with Crippen molar-refractivity contribution in [2.45, 2.75) is 19.1 Å². The van der Waals surface area contributed by atoms with E-state index in [0.29, 0.717) is 12.1 Å². The molecule has 0 spiro atoms. The summed E-state index contributed by atoms with van der Waals surface area (Å²) in [5.41, 5.74) is 3.70. The molecule has 3 aromatic heterocycles. The topological polar surface area (TPSA) is 72.2 Å². The second-order valence-electron chi connectivity index (χ2n) is 5.54. The minimum Gasteiger partial charge on any atom is -0.352 e. The van der Waals surface area contributed by atoms with E-state index in [1.54, 1.807) is 28.7 Å². The maximum atomic E-state index is 12.1. The molecule has 25 heavy (non-hydrogen) atoms. The summed E-state index contributed by atoms with van der Waals surface area (Å²) in [6.45, 7) is 2.42. The summed E-state index contributed by atoms with van der Waals surface area (Å²) in [4.78, 5) is 20.5. The van der Waals surface area contributed by atoms with Gasteiger partial charge in [0.2, 0.25) is 5.91 Å². The van der Waals surface area contributed by atoms with Crippen LogP contribution in [-0.4, -0.2) is 32.0 Å². The number of hydrogen-bond acceptors (Lipinski definition) is 5. The van der Waals surface area contributed by atoms with Crippen LogP contribution in [0.4, 0.5) is 0 Å². The van der Waals surface area contributed by atoms with Crippen LogP contribution in [0.3, 0.4) is 0 Å². The lowest BCUT2D eigenvalue weighted by atomic mass is 10.2. The Labute approximate surface area is 150 Å². The molecule has 6 nitrogen and oxygen atoms in total. The number of nitrogens with zero attached hydrogens (tertiary/aromatic N) is 4. The molecule has 0 saturated heterocycles. The van der Waals surface area contributed by atoms with Gasteiger partial charge in [-0.15, -0.1) is 11.8 Å². The van der Waals surface area contributed by atoms with Gasteiger partial charge in [0.1, 0.15) is 0 Å². The van der Waals surface area contributed by atoms with Crippen molar-refractivity contribution in [2.75, 3.05) is 6.54 Å². The van der Waals surface area contributed by atoms with E-state index in [9.17, 15) is 4.79 Å². The first-order valence-corrected chi connectivity index (χ1v) is 9.01. The van der Waals surface area contributed by atoms with Crippen molar-refractivity contribution >= 4 is 23.3 Å². The normalized spacial score (nSPS) is 11.6. The summed E-state index contributed by atoms with van der Waals surface area (Å²) >= 11 is 1.57. The SMILES string of the molecule is C/C(=C\SCc1cnn2cccnc12)C(=O)NCCc1cccnc1. The van der Waals surface area contributed by atoms with Gasteiger partial charge in [0.15, 0.2) is 5.65 Å². The molecule has 0 unspecified atom stereocenters. The van der Waals surface area contributed by atoms with Crippen LogP contribution in [-0.2, 0) is 17.0 Å². The van der Waals surface area contributed by atoms with Gasteiger partial charge < -0.3 is 5.32 Å². The molecular formula is C18H19N5OS. The molecular weight excluding hydrogens is 334 g/mol. The molecule has 0 aliphatic carbocycles. The minimum absolute atomic E-state index is 0.0469. The van der Waals surface area contributed by atoms with E-state index in [4.69, 9.17) is 0 Å². The highest BCUT2D eigenvalue weighted by atomic mass is 32.2. The van der Waals surface area contributed by atoms with E-state index in [1.807, 2.05) is 49.1 Å². The Hall–Kier alpha value is -2.67. The van der Waals surface area contributed by atoms with Gasteiger partial charge in [-0.25, -0.2) is 9.50 Å². The lowest BCUT2D eigenvalue weighted by Gasteiger charge is -2.05. The number of nitrogens with one attached hydrogen (secondary N) is 1. The van der Waals surface area contributed by atoms with Gasteiger partial charge in [-0.05, 0) is 36.4 Å². The van der Waals surface area contributed by atoms with Crippen molar-refractivity contribution in [3.63, 3.8) is 0 Å². The van der Waals surface area contributed by atoms with E-state index in [0.717, 1.165) is 28.9 Å². The van der Waals surface area contributed by atoms with Gasteiger partial charge in [-0.2, -0.15) is 5.10 Å². The fourth-order valence-corrected chi connectivity index (χ4v) is 3.12. The van der Waals surface area contributed by atoms with Gasteiger partial charge in [0, 0.05) is 48.2 Å². The number of carbonyl (C=O) groups is 1. The second kappa shape index (κ2) is 8.43. The lowest BCUT2D eigenvalue weighted by Crippen LogP contribution is -2.26. The van der Waals surface area contributed by atoms with Crippen molar-refractivity contribution in [3.05, 3.63) is 71.3 Å². The Morgan fingerprint density at radius 1 is 1.32 bits per heavy atom. The average Bonchev–Trinajstić information content (AvgIpc) is 3.06. The van der Waals surface area contributed by atoms with Gasteiger partial charge in [0.25, 0.3) is 0 Å².